The number of hydrogen-bond donors (Lipinski definition) is 1. The molecule has 0 bridgehead atoms. The van der Waals surface area contributed by atoms with Crippen molar-refractivity contribution in [3.8, 4) is 5.88 Å². The van der Waals surface area contributed by atoms with Crippen LogP contribution in [0.25, 0.3) is 0 Å². The molecule has 3 heteroatoms. The van der Waals surface area contributed by atoms with Crippen LogP contribution in [-0.2, 0) is 6.61 Å². The number of ether oxygens (including phenoxy) is 1. The Hall–Kier alpha value is -1.09. The van der Waals surface area contributed by atoms with Crippen LogP contribution >= 0.6 is 0 Å². The monoisotopic (exact) mass is 265 g/mol. The molecule has 1 atom stereocenters. The van der Waals surface area contributed by atoms with Gasteiger partial charge < -0.3 is 9.84 Å². The molecular weight excluding hydrogens is 238 g/mol. The minimum atomic E-state index is -0.0137. The van der Waals surface area contributed by atoms with E-state index in [1.165, 1.54) is 19.3 Å². The van der Waals surface area contributed by atoms with Crippen molar-refractivity contribution in [2.24, 2.45) is 5.92 Å². The van der Waals surface area contributed by atoms with Crippen molar-refractivity contribution in [3.63, 3.8) is 0 Å². The third-order valence-corrected chi connectivity index (χ3v) is 3.59. The Bertz CT molecular complexity index is 391. The highest BCUT2D eigenvalue weighted by atomic mass is 16.5. The molecule has 1 N–H and O–H groups in total. The fourth-order valence-corrected chi connectivity index (χ4v) is 2.24. The van der Waals surface area contributed by atoms with Crippen molar-refractivity contribution in [1.29, 1.82) is 0 Å². The first-order valence-electron chi connectivity index (χ1n) is 7.33. The van der Waals surface area contributed by atoms with E-state index in [2.05, 4.69) is 18.8 Å². The van der Waals surface area contributed by atoms with Crippen LogP contribution in [0.2, 0.25) is 0 Å². The molecule has 0 saturated carbocycles. The lowest BCUT2D eigenvalue weighted by atomic mass is 10.0. The fourth-order valence-electron chi connectivity index (χ4n) is 2.24. The molecule has 19 heavy (non-hydrogen) atoms. The van der Waals surface area contributed by atoms with Crippen molar-refractivity contribution >= 4 is 0 Å². The lowest BCUT2D eigenvalue weighted by Gasteiger charge is -2.17. The topological polar surface area (TPSA) is 42.4 Å². The fraction of sp³-hybridized carbons (Fsp3) is 0.688. The van der Waals surface area contributed by atoms with Crippen LogP contribution < -0.4 is 4.74 Å². The van der Waals surface area contributed by atoms with Crippen LogP contribution in [-0.4, -0.2) is 16.7 Å². The van der Waals surface area contributed by atoms with E-state index in [9.17, 15) is 5.11 Å². The number of aryl methyl sites for hydroxylation is 2. The highest BCUT2D eigenvalue weighted by Gasteiger charge is 2.12. The van der Waals surface area contributed by atoms with Crippen molar-refractivity contribution in [2.45, 2.75) is 60.0 Å². The minimum absolute atomic E-state index is 0.0137. The maximum absolute atomic E-state index is 9.43. The van der Waals surface area contributed by atoms with E-state index in [1.54, 1.807) is 0 Å². The van der Waals surface area contributed by atoms with Gasteiger partial charge in [0.2, 0.25) is 5.88 Å². The van der Waals surface area contributed by atoms with Gasteiger partial charge in [-0.15, -0.1) is 0 Å². The molecule has 0 amide bonds. The van der Waals surface area contributed by atoms with Crippen LogP contribution in [0, 0.1) is 19.8 Å². The molecule has 108 valence electrons. The molecule has 0 aliphatic carbocycles. The number of aromatic nitrogens is 1. The summed E-state index contributed by atoms with van der Waals surface area (Å²) in [4.78, 5) is 4.41. The van der Waals surface area contributed by atoms with Gasteiger partial charge in [0.15, 0.2) is 0 Å². The summed E-state index contributed by atoms with van der Waals surface area (Å²) < 4.78 is 5.87. The van der Waals surface area contributed by atoms with Gasteiger partial charge in [-0.2, -0.15) is 0 Å². The van der Waals surface area contributed by atoms with Gasteiger partial charge in [-0.1, -0.05) is 33.1 Å². The number of nitrogens with zero attached hydrogens (tertiary/aromatic N) is 1. The Balaban J connectivity index is 2.70. The van der Waals surface area contributed by atoms with Crippen LogP contribution in [0.5, 0.6) is 5.88 Å². The van der Waals surface area contributed by atoms with Gasteiger partial charge >= 0.3 is 0 Å². The predicted molar refractivity (Wildman–Crippen MR) is 78.4 cm³/mol. The molecule has 3 nitrogen and oxygen atoms in total. The summed E-state index contributed by atoms with van der Waals surface area (Å²) in [5, 5.41) is 9.43. The summed E-state index contributed by atoms with van der Waals surface area (Å²) >= 11 is 0. The van der Waals surface area contributed by atoms with Crippen molar-refractivity contribution in [2.75, 3.05) is 6.61 Å². The average molecular weight is 265 g/mol. The first-order valence-corrected chi connectivity index (χ1v) is 7.33. The van der Waals surface area contributed by atoms with Crippen molar-refractivity contribution in [1.82, 2.24) is 4.98 Å². The van der Waals surface area contributed by atoms with E-state index in [-0.39, 0.29) is 6.61 Å². The summed E-state index contributed by atoms with van der Waals surface area (Å²) in [6, 6.07) is 1.98. The smallest absolute Gasteiger partial charge is 0.219 e. The first kappa shape index (κ1) is 16.0. The second-order valence-corrected chi connectivity index (χ2v) is 5.25. The van der Waals surface area contributed by atoms with E-state index in [0.29, 0.717) is 18.4 Å². The molecule has 0 fully saturated rings. The number of hydrogen-bond acceptors (Lipinski definition) is 3. The summed E-state index contributed by atoms with van der Waals surface area (Å²) in [6.07, 6.45) is 4.79. The van der Waals surface area contributed by atoms with E-state index < -0.39 is 0 Å². The molecule has 1 heterocycles. The molecule has 0 aromatic carbocycles. The molecular formula is C16H27NO2. The SMILES string of the molecule is CCCCC(CC)COc1nc(C)cc(C)c1CO. The van der Waals surface area contributed by atoms with E-state index in [1.807, 2.05) is 19.9 Å². The van der Waals surface area contributed by atoms with Gasteiger partial charge in [0.1, 0.15) is 0 Å². The Morgan fingerprint density at radius 1 is 1.32 bits per heavy atom. The molecule has 0 aliphatic heterocycles. The van der Waals surface area contributed by atoms with Crippen LogP contribution in [0.4, 0.5) is 0 Å². The van der Waals surface area contributed by atoms with Gasteiger partial charge in [0.25, 0.3) is 0 Å². The molecule has 0 spiro atoms. The predicted octanol–water partition coefficient (Wildman–Crippen LogP) is 3.79. The van der Waals surface area contributed by atoms with E-state index in [4.69, 9.17) is 4.74 Å². The molecule has 1 rings (SSSR count). The largest absolute Gasteiger partial charge is 0.477 e. The second-order valence-electron chi connectivity index (χ2n) is 5.25. The van der Waals surface area contributed by atoms with E-state index in [0.717, 1.165) is 23.2 Å². The van der Waals surface area contributed by atoms with Crippen molar-refractivity contribution in [3.05, 3.63) is 22.9 Å². The Morgan fingerprint density at radius 3 is 2.63 bits per heavy atom. The molecule has 0 aliphatic rings. The second kappa shape index (κ2) is 8.16. The molecule has 1 aromatic rings. The lowest BCUT2D eigenvalue weighted by Crippen LogP contribution is -2.13. The lowest BCUT2D eigenvalue weighted by molar-refractivity contribution is 0.213. The molecule has 0 radical (unpaired) electrons. The molecule has 0 saturated heterocycles. The maximum atomic E-state index is 9.43. The Kier molecular flexibility index (Phi) is 6.85. The first-order chi connectivity index (χ1) is 9.12. The number of aliphatic hydroxyl groups excluding tert-OH is 1. The highest BCUT2D eigenvalue weighted by Crippen LogP contribution is 2.22. The summed E-state index contributed by atoms with van der Waals surface area (Å²) in [7, 11) is 0. The third kappa shape index (κ3) is 4.83. The normalized spacial score (nSPS) is 12.5. The summed E-state index contributed by atoms with van der Waals surface area (Å²) in [5.41, 5.74) is 2.80. The molecule has 1 aromatic heterocycles. The van der Waals surface area contributed by atoms with Gasteiger partial charge in [0, 0.05) is 11.3 Å². The minimum Gasteiger partial charge on any atom is -0.477 e. The van der Waals surface area contributed by atoms with Gasteiger partial charge in [-0.25, -0.2) is 4.98 Å². The quantitative estimate of drug-likeness (QED) is 0.777. The van der Waals surface area contributed by atoms with Gasteiger partial charge in [-0.3, -0.25) is 0 Å². The van der Waals surface area contributed by atoms with E-state index >= 15 is 0 Å². The van der Waals surface area contributed by atoms with Crippen molar-refractivity contribution < 1.29 is 9.84 Å². The zero-order chi connectivity index (χ0) is 14.3. The number of unbranched alkanes of at least 4 members (excludes halogenated alkanes) is 1. The highest BCUT2D eigenvalue weighted by molar-refractivity contribution is 5.35. The number of aliphatic hydroxyl groups is 1. The van der Waals surface area contributed by atoms with Gasteiger partial charge in [0.05, 0.1) is 13.2 Å². The number of pyridine rings is 1. The summed E-state index contributed by atoms with van der Waals surface area (Å²) in [6.45, 7) is 9.03. The Morgan fingerprint density at radius 2 is 2.05 bits per heavy atom. The standard InChI is InChI=1S/C16H27NO2/c1-5-7-8-14(6-2)11-19-16-15(10-18)12(3)9-13(4)17-16/h9,14,18H,5-8,10-11H2,1-4H3. The van der Waals surface area contributed by atoms with Gasteiger partial charge in [-0.05, 0) is 37.8 Å². The Labute approximate surface area is 117 Å². The third-order valence-electron chi connectivity index (χ3n) is 3.59. The summed E-state index contributed by atoms with van der Waals surface area (Å²) in [5.74, 6) is 1.18. The maximum Gasteiger partial charge on any atom is 0.219 e. The van der Waals surface area contributed by atoms with Crippen LogP contribution in [0.1, 0.15) is 56.4 Å². The zero-order valence-electron chi connectivity index (χ0n) is 12.7. The average Bonchev–Trinajstić information content (AvgIpc) is 2.38. The van der Waals surface area contributed by atoms with Crippen LogP contribution in [0.15, 0.2) is 6.07 Å². The molecule has 1 unspecified atom stereocenters. The number of rotatable bonds is 8. The van der Waals surface area contributed by atoms with Crippen LogP contribution in [0.3, 0.4) is 0 Å². The zero-order valence-corrected chi connectivity index (χ0v) is 12.7.